The Morgan fingerprint density at radius 2 is 2.10 bits per heavy atom. The highest BCUT2D eigenvalue weighted by molar-refractivity contribution is 6.30. The van der Waals surface area contributed by atoms with Gasteiger partial charge in [0.1, 0.15) is 5.75 Å². The van der Waals surface area contributed by atoms with Gasteiger partial charge in [0.05, 0.1) is 6.61 Å². The van der Waals surface area contributed by atoms with E-state index in [4.69, 9.17) is 16.3 Å². The van der Waals surface area contributed by atoms with E-state index >= 15 is 0 Å². The molecule has 1 amide bonds. The Hall–Kier alpha value is -1.22. The predicted octanol–water partition coefficient (Wildman–Crippen LogP) is 4.00. The standard InChI is InChI=1S/C17H24ClNO2/c1-13(2)10-17(20)19-9-3-4-14(11-19)12-21-16-7-5-15(18)6-8-16/h5-8,13-14H,3-4,9-12H2,1-2H3. The van der Waals surface area contributed by atoms with Crippen LogP contribution in [0.2, 0.25) is 5.02 Å². The van der Waals surface area contributed by atoms with Gasteiger partial charge in [-0.3, -0.25) is 4.79 Å². The van der Waals surface area contributed by atoms with Crippen LogP contribution >= 0.6 is 11.6 Å². The van der Waals surface area contributed by atoms with Gasteiger partial charge >= 0.3 is 0 Å². The fraction of sp³-hybridized carbons (Fsp3) is 0.588. The first-order valence-electron chi connectivity index (χ1n) is 7.70. The number of halogens is 1. The third-order valence-electron chi connectivity index (χ3n) is 3.75. The molecule has 0 bridgehead atoms. The zero-order chi connectivity index (χ0) is 15.2. The van der Waals surface area contributed by atoms with E-state index in [0.717, 1.165) is 31.7 Å². The molecule has 0 radical (unpaired) electrons. The lowest BCUT2D eigenvalue weighted by Crippen LogP contribution is -2.41. The Bertz CT molecular complexity index is 458. The van der Waals surface area contributed by atoms with Crippen LogP contribution in [0.15, 0.2) is 24.3 Å². The topological polar surface area (TPSA) is 29.5 Å². The summed E-state index contributed by atoms with van der Waals surface area (Å²) in [5, 5.41) is 0.713. The molecule has 4 heteroatoms. The molecule has 0 aliphatic carbocycles. The van der Waals surface area contributed by atoms with Crippen LogP contribution in [0.1, 0.15) is 33.1 Å². The fourth-order valence-corrected chi connectivity index (χ4v) is 2.78. The molecule has 1 fully saturated rings. The molecule has 1 aromatic carbocycles. The Labute approximate surface area is 132 Å². The van der Waals surface area contributed by atoms with Crippen molar-refractivity contribution >= 4 is 17.5 Å². The third-order valence-corrected chi connectivity index (χ3v) is 4.01. The first-order chi connectivity index (χ1) is 10.0. The van der Waals surface area contributed by atoms with E-state index in [2.05, 4.69) is 13.8 Å². The van der Waals surface area contributed by atoms with Gasteiger partial charge in [-0.1, -0.05) is 25.4 Å². The van der Waals surface area contributed by atoms with E-state index in [-0.39, 0.29) is 5.91 Å². The Morgan fingerprint density at radius 1 is 1.38 bits per heavy atom. The van der Waals surface area contributed by atoms with Crippen molar-refractivity contribution in [3.63, 3.8) is 0 Å². The molecular weight excluding hydrogens is 286 g/mol. The maximum atomic E-state index is 12.1. The van der Waals surface area contributed by atoms with Gasteiger partial charge in [0.15, 0.2) is 0 Å². The number of ether oxygens (including phenoxy) is 1. The van der Waals surface area contributed by atoms with Crippen molar-refractivity contribution in [1.29, 1.82) is 0 Å². The molecular formula is C17H24ClNO2. The van der Waals surface area contributed by atoms with Crippen molar-refractivity contribution in [2.24, 2.45) is 11.8 Å². The number of likely N-dealkylation sites (tertiary alicyclic amines) is 1. The summed E-state index contributed by atoms with van der Waals surface area (Å²) in [5.41, 5.74) is 0. The third kappa shape index (κ3) is 5.24. The molecule has 0 spiro atoms. The minimum Gasteiger partial charge on any atom is -0.493 e. The molecule has 1 aromatic rings. The summed E-state index contributed by atoms with van der Waals surface area (Å²) in [4.78, 5) is 14.1. The van der Waals surface area contributed by atoms with E-state index < -0.39 is 0 Å². The summed E-state index contributed by atoms with van der Waals surface area (Å²) in [6, 6.07) is 7.42. The number of amides is 1. The first-order valence-corrected chi connectivity index (χ1v) is 8.08. The van der Waals surface area contributed by atoms with E-state index in [1.54, 1.807) is 0 Å². The normalized spacial score (nSPS) is 18.9. The molecule has 1 aliphatic rings. The highest BCUT2D eigenvalue weighted by atomic mass is 35.5. The van der Waals surface area contributed by atoms with Gasteiger partial charge in [0.2, 0.25) is 5.91 Å². The van der Waals surface area contributed by atoms with Crippen molar-refractivity contribution < 1.29 is 9.53 Å². The van der Waals surface area contributed by atoms with E-state index in [1.807, 2.05) is 29.2 Å². The van der Waals surface area contributed by atoms with Crippen LogP contribution in [0, 0.1) is 11.8 Å². The zero-order valence-corrected chi connectivity index (χ0v) is 13.6. The molecule has 0 aromatic heterocycles. The quantitative estimate of drug-likeness (QED) is 0.822. The van der Waals surface area contributed by atoms with Crippen LogP contribution in [0.3, 0.4) is 0 Å². The lowest BCUT2D eigenvalue weighted by molar-refractivity contribution is -0.134. The van der Waals surface area contributed by atoms with Crippen molar-refractivity contribution in [3.8, 4) is 5.75 Å². The van der Waals surface area contributed by atoms with Gasteiger partial charge in [-0.15, -0.1) is 0 Å². The van der Waals surface area contributed by atoms with E-state index in [1.165, 1.54) is 0 Å². The SMILES string of the molecule is CC(C)CC(=O)N1CCCC(COc2ccc(Cl)cc2)C1. The van der Waals surface area contributed by atoms with Gasteiger partial charge in [-0.25, -0.2) is 0 Å². The Balaban J connectivity index is 1.81. The molecule has 1 aliphatic heterocycles. The summed E-state index contributed by atoms with van der Waals surface area (Å²) < 4.78 is 5.81. The van der Waals surface area contributed by atoms with E-state index in [9.17, 15) is 4.79 Å². The molecule has 1 atom stereocenters. The largest absolute Gasteiger partial charge is 0.493 e. The number of hydrogen-bond acceptors (Lipinski definition) is 2. The second-order valence-electron chi connectivity index (χ2n) is 6.21. The van der Waals surface area contributed by atoms with Gasteiger partial charge in [0, 0.05) is 30.5 Å². The number of piperidine rings is 1. The van der Waals surface area contributed by atoms with Gasteiger partial charge in [-0.2, -0.15) is 0 Å². The highest BCUT2D eigenvalue weighted by Gasteiger charge is 2.24. The monoisotopic (exact) mass is 309 g/mol. The van der Waals surface area contributed by atoms with Gasteiger partial charge in [-0.05, 0) is 43.0 Å². The molecule has 3 nitrogen and oxygen atoms in total. The summed E-state index contributed by atoms with van der Waals surface area (Å²) in [5.74, 6) is 1.96. The zero-order valence-electron chi connectivity index (χ0n) is 12.8. The van der Waals surface area contributed by atoms with Crippen molar-refractivity contribution in [1.82, 2.24) is 4.90 Å². The molecule has 116 valence electrons. The second kappa shape index (κ2) is 7.69. The van der Waals surface area contributed by atoms with Crippen LogP contribution in [0.25, 0.3) is 0 Å². The minimum absolute atomic E-state index is 0.279. The molecule has 1 saturated heterocycles. The maximum Gasteiger partial charge on any atom is 0.222 e. The minimum atomic E-state index is 0.279. The van der Waals surface area contributed by atoms with Crippen LogP contribution in [-0.2, 0) is 4.79 Å². The van der Waals surface area contributed by atoms with E-state index in [0.29, 0.717) is 29.9 Å². The Morgan fingerprint density at radius 3 is 2.76 bits per heavy atom. The number of nitrogens with zero attached hydrogens (tertiary/aromatic N) is 1. The molecule has 0 saturated carbocycles. The lowest BCUT2D eigenvalue weighted by atomic mass is 9.98. The van der Waals surface area contributed by atoms with Gasteiger partial charge in [0.25, 0.3) is 0 Å². The van der Waals surface area contributed by atoms with Crippen molar-refractivity contribution in [2.75, 3.05) is 19.7 Å². The van der Waals surface area contributed by atoms with Crippen molar-refractivity contribution in [2.45, 2.75) is 33.1 Å². The number of rotatable bonds is 5. The molecule has 1 unspecified atom stereocenters. The average molecular weight is 310 g/mol. The van der Waals surface area contributed by atoms with Crippen LogP contribution < -0.4 is 4.74 Å². The maximum absolute atomic E-state index is 12.1. The molecule has 1 heterocycles. The number of carbonyl (C=O) groups excluding carboxylic acids is 1. The van der Waals surface area contributed by atoms with Crippen LogP contribution in [0.5, 0.6) is 5.75 Å². The summed E-state index contributed by atoms with van der Waals surface area (Å²) in [6.45, 7) is 6.54. The van der Waals surface area contributed by atoms with Gasteiger partial charge < -0.3 is 9.64 Å². The first kappa shape index (κ1) is 16.2. The second-order valence-corrected chi connectivity index (χ2v) is 6.65. The summed E-state index contributed by atoms with van der Waals surface area (Å²) in [6.07, 6.45) is 2.84. The lowest BCUT2D eigenvalue weighted by Gasteiger charge is -2.33. The molecule has 2 rings (SSSR count). The predicted molar refractivity (Wildman–Crippen MR) is 85.7 cm³/mol. The number of hydrogen-bond donors (Lipinski definition) is 0. The Kier molecular flexibility index (Phi) is 5.92. The number of carbonyl (C=O) groups is 1. The van der Waals surface area contributed by atoms with Crippen molar-refractivity contribution in [3.05, 3.63) is 29.3 Å². The fourth-order valence-electron chi connectivity index (χ4n) is 2.65. The number of benzene rings is 1. The summed E-state index contributed by atoms with van der Waals surface area (Å²) >= 11 is 5.86. The highest BCUT2D eigenvalue weighted by Crippen LogP contribution is 2.21. The van der Waals surface area contributed by atoms with Crippen LogP contribution in [-0.4, -0.2) is 30.5 Å². The summed E-state index contributed by atoms with van der Waals surface area (Å²) in [7, 11) is 0. The average Bonchev–Trinajstić information content (AvgIpc) is 2.46. The molecule has 21 heavy (non-hydrogen) atoms. The molecule has 0 N–H and O–H groups in total. The smallest absolute Gasteiger partial charge is 0.222 e. The van der Waals surface area contributed by atoms with Crippen LogP contribution in [0.4, 0.5) is 0 Å².